The summed E-state index contributed by atoms with van der Waals surface area (Å²) in [5.41, 5.74) is -2.11. The van der Waals surface area contributed by atoms with E-state index in [0.717, 1.165) is 30.3 Å². The Labute approximate surface area is 127 Å². The molecule has 2 rings (SSSR count). The molecule has 0 saturated heterocycles. The van der Waals surface area contributed by atoms with Crippen molar-refractivity contribution >= 4 is 0 Å². The van der Waals surface area contributed by atoms with Crippen LogP contribution < -0.4 is 0 Å². The molecule has 120 valence electrons. The van der Waals surface area contributed by atoms with Crippen molar-refractivity contribution < 1.29 is 26.3 Å². The Bertz CT molecular complexity index is 735. The second kappa shape index (κ2) is 5.95. The smallest absolute Gasteiger partial charge is 0.198 e. The second-order valence-corrected chi connectivity index (χ2v) is 4.75. The first-order valence-electron chi connectivity index (χ1n) is 6.38. The Balaban J connectivity index is 2.64. The van der Waals surface area contributed by atoms with Crippen LogP contribution in [0.1, 0.15) is 16.7 Å². The molecule has 0 amide bonds. The SMILES string of the molecule is N#CCc1cccc(C(F)(F)F)c1-c1ccc(C(F)(F)F)cc1. The molecule has 2 aromatic rings. The van der Waals surface area contributed by atoms with Gasteiger partial charge in [0.25, 0.3) is 0 Å². The molecule has 0 radical (unpaired) electrons. The summed E-state index contributed by atoms with van der Waals surface area (Å²) < 4.78 is 77.2. The zero-order valence-corrected chi connectivity index (χ0v) is 11.5. The minimum Gasteiger partial charge on any atom is -0.198 e. The molecule has 0 aliphatic rings. The molecule has 0 atom stereocenters. The highest BCUT2D eigenvalue weighted by Crippen LogP contribution is 2.40. The van der Waals surface area contributed by atoms with Gasteiger partial charge in [-0.05, 0) is 34.9 Å². The standard InChI is InChI=1S/C16H9F6N/c17-15(18,19)12-6-4-11(5-7-12)14-10(8-9-23)2-1-3-13(14)16(20,21)22/h1-7H,8H2. The lowest BCUT2D eigenvalue weighted by atomic mass is 9.92. The fourth-order valence-electron chi connectivity index (χ4n) is 2.24. The highest BCUT2D eigenvalue weighted by Gasteiger charge is 2.35. The van der Waals surface area contributed by atoms with Crippen molar-refractivity contribution in [3.05, 3.63) is 59.2 Å². The Hall–Kier alpha value is -2.49. The number of nitrogens with zero attached hydrogens (tertiary/aromatic N) is 1. The van der Waals surface area contributed by atoms with Crippen LogP contribution in [-0.4, -0.2) is 0 Å². The third kappa shape index (κ3) is 3.65. The summed E-state index contributed by atoms with van der Waals surface area (Å²) in [5.74, 6) is 0. The van der Waals surface area contributed by atoms with Crippen molar-refractivity contribution in [1.82, 2.24) is 0 Å². The van der Waals surface area contributed by atoms with Gasteiger partial charge in [0.05, 0.1) is 23.6 Å². The van der Waals surface area contributed by atoms with Crippen molar-refractivity contribution in [3.8, 4) is 17.2 Å². The van der Waals surface area contributed by atoms with Crippen LogP contribution in [0, 0.1) is 11.3 Å². The van der Waals surface area contributed by atoms with Crippen molar-refractivity contribution in [2.24, 2.45) is 0 Å². The van der Waals surface area contributed by atoms with Crippen LogP contribution >= 0.6 is 0 Å². The van der Waals surface area contributed by atoms with E-state index in [1.54, 1.807) is 6.07 Å². The number of halogens is 6. The molecule has 0 aliphatic carbocycles. The zero-order chi connectivity index (χ0) is 17.3. The van der Waals surface area contributed by atoms with Gasteiger partial charge in [0, 0.05) is 0 Å². The van der Waals surface area contributed by atoms with Crippen molar-refractivity contribution in [2.75, 3.05) is 0 Å². The normalized spacial score (nSPS) is 12.0. The van der Waals surface area contributed by atoms with E-state index in [-0.39, 0.29) is 23.1 Å². The first-order valence-corrected chi connectivity index (χ1v) is 6.38. The molecule has 0 spiro atoms. The van der Waals surface area contributed by atoms with Crippen molar-refractivity contribution in [3.63, 3.8) is 0 Å². The number of hydrogen-bond donors (Lipinski definition) is 0. The largest absolute Gasteiger partial charge is 0.417 e. The van der Waals surface area contributed by atoms with Gasteiger partial charge in [0.2, 0.25) is 0 Å². The second-order valence-electron chi connectivity index (χ2n) is 4.75. The maximum atomic E-state index is 13.2. The third-order valence-electron chi connectivity index (χ3n) is 3.23. The van der Waals surface area contributed by atoms with Gasteiger partial charge in [-0.3, -0.25) is 0 Å². The number of hydrogen-bond acceptors (Lipinski definition) is 1. The maximum Gasteiger partial charge on any atom is 0.417 e. The van der Waals surface area contributed by atoms with E-state index in [9.17, 15) is 26.3 Å². The predicted octanol–water partition coefficient (Wildman–Crippen LogP) is 5.46. The fourth-order valence-corrected chi connectivity index (χ4v) is 2.24. The number of benzene rings is 2. The quantitative estimate of drug-likeness (QED) is 0.671. The molecule has 0 heterocycles. The number of rotatable bonds is 2. The molecule has 0 saturated carbocycles. The lowest BCUT2D eigenvalue weighted by Gasteiger charge is -2.17. The summed E-state index contributed by atoms with van der Waals surface area (Å²) in [6.45, 7) is 0. The van der Waals surface area contributed by atoms with Gasteiger partial charge in [-0.15, -0.1) is 0 Å². The van der Waals surface area contributed by atoms with E-state index in [1.807, 2.05) is 0 Å². The van der Waals surface area contributed by atoms with Crippen LogP contribution in [0.3, 0.4) is 0 Å². The topological polar surface area (TPSA) is 23.8 Å². The van der Waals surface area contributed by atoms with Gasteiger partial charge in [-0.1, -0.05) is 24.3 Å². The Kier molecular flexibility index (Phi) is 4.37. The minimum absolute atomic E-state index is 0.0174. The molecule has 0 bridgehead atoms. The van der Waals surface area contributed by atoms with E-state index < -0.39 is 23.5 Å². The van der Waals surface area contributed by atoms with E-state index in [4.69, 9.17) is 5.26 Å². The van der Waals surface area contributed by atoms with Gasteiger partial charge in [0.1, 0.15) is 0 Å². The Morgan fingerprint density at radius 3 is 1.91 bits per heavy atom. The summed E-state index contributed by atoms with van der Waals surface area (Å²) in [7, 11) is 0. The summed E-state index contributed by atoms with van der Waals surface area (Å²) in [6, 6.07) is 8.53. The summed E-state index contributed by atoms with van der Waals surface area (Å²) in [6.07, 6.45) is -9.53. The first kappa shape index (κ1) is 16.9. The highest BCUT2D eigenvalue weighted by molar-refractivity contribution is 5.72. The van der Waals surface area contributed by atoms with E-state index in [2.05, 4.69) is 0 Å². The van der Waals surface area contributed by atoms with Gasteiger partial charge in [0.15, 0.2) is 0 Å². The molecule has 23 heavy (non-hydrogen) atoms. The van der Waals surface area contributed by atoms with Crippen LogP contribution in [0.25, 0.3) is 11.1 Å². The van der Waals surface area contributed by atoms with E-state index in [0.29, 0.717) is 0 Å². The van der Waals surface area contributed by atoms with E-state index >= 15 is 0 Å². The van der Waals surface area contributed by atoms with Gasteiger partial charge in [-0.25, -0.2) is 0 Å². The average molecular weight is 329 g/mol. The zero-order valence-electron chi connectivity index (χ0n) is 11.5. The minimum atomic E-state index is -4.68. The molecule has 0 fully saturated rings. The maximum absolute atomic E-state index is 13.2. The fraction of sp³-hybridized carbons (Fsp3) is 0.188. The predicted molar refractivity (Wildman–Crippen MR) is 71.2 cm³/mol. The number of nitriles is 1. The third-order valence-corrected chi connectivity index (χ3v) is 3.23. The molecule has 0 aliphatic heterocycles. The molecule has 0 aromatic heterocycles. The molecule has 2 aromatic carbocycles. The lowest BCUT2D eigenvalue weighted by molar-refractivity contribution is -0.138. The number of alkyl halides is 6. The molecule has 7 heteroatoms. The Morgan fingerprint density at radius 1 is 0.826 bits per heavy atom. The Morgan fingerprint density at radius 2 is 1.43 bits per heavy atom. The summed E-state index contributed by atoms with van der Waals surface area (Å²) in [5, 5.41) is 8.76. The van der Waals surface area contributed by atoms with E-state index in [1.165, 1.54) is 12.1 Å². The average Bonchev–Trinajstić information content (AvgIpc) is 2.46. The van der Waals surface area contributed by atoms with Crippen LogP contribution in [0.15, 0.2) is 42.5 Å². The van der Waals surface area contributed by atoms with Gasteiger partial charge < -0.3 is 0 Å². The van der Waals surface area contributed by atoms with Crippen molar-refractivity contribution in [2.45, 2.75) is 18.8 Å². The molecular weight excluding hydrogens is 320 g/mol. The lowest BCUT2D eigenvalue weighted by Crippen LogP contribution is -2.09. The molecule has 0 unspecified atom stereocenters. The van der Waals surface area contributed by atoms with Crippen LogP contribution in [0.5, 0.6) is 0 Å². The summed E-state index contributed by atoms with van der Waals surface area (Å²) >= 11 is 0. The van der Waals surface area contributed by atoms with Crippen LogP contribution in [0.2, 0.25) is 0 Å². The molecule has 1 nitrogen and oxygen atoms in total. The van der Waals surface area contributed by atoms with Gasteiger partial charge in [-0.2, -0.15) is 31.6 Å². The molecular formula is C16H9F6N. The monoisotopic (exact) mass is 329 g/mol. The molecule has 0 N–H and O–H groups in total. The van der Waals surface area contributed by atoms with Crippen LogP contribution in [-0.2, 0) is 18.8 Å². The van der Waals surface area contributed by atoms with Gasteiger partial charge >= 0.3 is 12.4 Å². The van der Waals surface area contributed by atoms with Crippen LogP contribution in [0.4, 0.5) is 26.3 Å². The van der Waals surface area contributed by atoms with Crippen molar-refractivity contribution in [1.29, 1.82) is 5.26 Å². The highest BCUT2D eigenvalue weighted by atomic mass is 19.4. The first-order chi connectivity index (χ1) is 10.6. The summed E-state index contributed by atoms with van der Waals surface area (Å²) in [4.78, 5) is 0.